The lowest BCUT2D eigenvalue weighted by Crippen LogP contribution is -2.08. The van der Waals surface area contributed by atoms with Crippen molar-refractivity contribution in [2.75, 3.05) is 12.4 Å². The largest absolute Gasteiger partial charge is 0.337 e. The van der Waals surface area contributed by atoms with E-state index in [0.29, 0.717) is 18.4 Å². The molecule has 0 heterocycles. The molecule has 0 aliphatic heterocycles. The summed E-state index contributed by atoms with van der Waals surface area (Å²) in [6, 6.07) is 0. The number of hydrogen-bond donors (Lipinski definition) is 1. The van der Waals surface area contributed by atoms with E-state index in [1.807, 2.05) is 0 Å². The first-order chi connectivity index (χ1) is 9.99. The maximum Gasteiger partial charge on any atom is 0.244 e. The summed E-state index contributed by atoms with van der Waals surface area (Å²) in [5, 5.41) is 0. The summed E-state index contributed by atoms with van der Waals surface area (Å²) < 4.78 is 5.72. The average Bonchev–Trinajstić information content (AvgIpc) is 2.47. The fraction of sp³-hybridized carbons (Fsp3) is 1.00. The zero-order valence-electron chi connectivity index (χ0n) is 14.3. The van der Waals surface area contributed by atoms with E-state index in [-0.39, 0.29) is 0 Å². The highest BCUT2D eigenvalue weighted by Crippen LogP contribution is 2.57. The first kappa shape index (κ1) is 21.9. The topological polar surface area (TPSA) is 29.5 Å². The molecule has 5 heteroatoms. The third kappa shape index (κ3) is 12.1. The summed E-state index contributed by atoms with van der Waals surface area (Å²) in [5.74, 6) is 2.15. The summed E-state index contributed by atoms with van der Waals surface area (Å²) >= 11 is 6.81. The minimum atomic E-state index is -2.64. The smallest absolute Gasteiger partial charge is 0.244 e. The van der Waals surface area contributed by atoms with E-state index < -0.39 is 5.69 Å². The van der Waals surface area contributed by atoms with Crippen LogP contribution in [0.3, 0.4) is 0 Å². The Morgan fingerprint density at radius 1 is 1.00 bits per heavy atom. The molecule has 0 saturated carbocycles. The molecule has 128 valence electrons. The Bertz CT molecular complexity index is 263. The molecule has 0 aliphatic rings. The normalized spacial score (nSPS) is 17.4. The average molecular weight is 355 g/mol. The molecule has 0 spiro atoms. The zero-order valence-corrected chi connectivity index (χ0v) is 16.9. The molecule has 21 heavy (non-hydrogen) atoms. The summed E-state index contributed by atoms with van der Waals surface area (Å²) in [4.78, 5) is 10.3. The predicted molar refractivity (Wildman–Crippen MR) is 102 cm³/mol. The Morgan fingerprint density at radius 2 is 1.52 bits per heavy atom. The van der Waals surface area contributed by atoms with Crippen molar-refractivity contribution in [3.63, 3.8) is 0 Å². The Labute approximate surface area is 141 Å². The summed E-state index contributed by atoms with van der Waals surface area (Å²) in [6.07, 6.45) is 9.64. The van der Waals surface area contributed by atoms with Crippen molar-refractivity contribution in [3.8, 4) is 0 Å². The van der Waals surface area contributed by atoms with Gasteiger partial charge in [-0.3, -0.25) is 0 Å². The van der Waals surface area contributed by atoms with Gasteiger partial charge < -0.3 is 9.42 Å². The molecular formula is C16H35O2PS2. The number of unbranched alkanes of at least 4 members (excludes halogenated alkanes) is 2. The second kappa shape index (κ2) is 13.4. The molecule has 2 nitrogen and oxygen atoms in total. The minimum absolute atomic E-state index is 0.544. The van der Waals surface area contributed by atoms with E-state index in [2.05, 4.69) is 27.7 Å². The van der Waals surface area contributed by atoms with E-state index in [0.717, 1.165) is 18.6 Å². The fourth-order valence-electron chi connectivity index (χ4n) is 2.23. The summed E-state index contributed by atoms with van der Waals surface area (Å²) in [7, 11) is 0. The van der Waals surface area contributed by atoms with Gasteiger partial charge in [0.15, 0.2) is 0 Å². The second-order valence-corrected chi connectivity index (χ2v) is 12.1. The lowest BCUT2D eigenvalue weighted by molar-refractivity contribution is 0.238. The van der Waals surface area contributed by atoms with Crippen molar-refractivity contribution in [2.45, 2.75) is 79.1 Å². The van der Waals surface area contributed by atoms with E-state index >= 15 is 0 Å². The molecule has 0 aromatic carbocycles. The molecular weight excluding hydrogens is 319 g/mol. The van der Waals surface area contributed by atoms with Gasteiger partial charge in [0.05, 0.1) is 6.61 Å². The highest BCUT2D eigenvalue weighted by Gasteiger charge is 2.19. The van der Waals surface area contributed by atoms with Crippen LogP contribution >= 0.6 is 17.1 Å². The van der Waals surface area contributed by atoms with Gasteiger partial charge in [-0.1, -0.05) is 77.6 Å². The highest BCUT2D eigenvalue weighted by atomic mass is 32.9. The maximum atomic E-state index is 10.3. The molecule has 0 amide bonds. The van der Waals surface area contributed by atoms with Gasteiger partial charge in [0, 0.05) is 5.75 Å². The van der Waals surface area contributed by atoms with Crippen LogP contribution in [0.2, 0.25) is 0 Å². The number of rotatable bonds is 14. The van der Waals surface area contributed by atoms with Crippen molar-refractivity contribution in [1.82, 2.24) is 0 Å². The molecule has 0 aliphatic carbocycles. The Morgan fingerprint density at radius 3 is 2.00 bits per heavy atom. The molecule has 1 N–H and O–H groups in total. The van der Waals surface area contributed by atoms with Crippen LogP contribution in [-0.2, 0) is 16.3 Å². The summed E-state index contributed by atoms with van der Waals surface area (Å²) in [6.45, 7) is 9.47. The van der Waals surface area contributed by atoms with Crippen LogP contribution in [0.4, 0.5) is 0 Å². The van der Waals surface area contributed by atoms with Gasteiger partial charge in [0.1, 0.15) is 0 Å². The van der Waals surface area contributed by atoms with E-state index in [9.17, 15) is 4.89 Å². The van der Waals surface area contributed by atoms with Crippen LogP contribution in [0, 0.1) is 11.8 Å². The lowest BCUT2D eigenvalue weighted by Gasteiger charge is -2.22. The zero-order chi connectivity index (χ0) is 16.1. The van der Waals surface area contributed by atoms with Gasteiger partial charge in [-0.25, -0.2) is 0 Å². The molecule has 0 aromatic heterocycles. The van der Waals surface area contributed by atoms with E-state index in [4.69, 9.17) is 16.3 Å². The van der Waals surface area contributed by atoms with Crippen LogP contribution in [0.5, 0.6) is 0 Å². The van der Waals surface area contributed by atoms with E-state index in [1.165, 1.54) is 49.9 Å². The SMILES string of the molecule is CCCCC(CC)COP(O)(=S)SCC(CC)CCCC. The van der Waals surface area contributed by atoms with Crippen LogP contribution in [-0.4, -0.2) is 17.3 Å². The van der Waals surface area contributed by atoms with Crippen molar-refractivity contribution in [1.29, 1.82) is 0 Å². The van der Waals surface area contributed by atoms with Crippen molar-refractivity contribution < 1.29 is 9.42 Å². The molecule has 0 rings (SSSR count). The molecule has 0 bridgehead atoms. The van der Waals surface area contributed by atoms with Crippen LogP contribution in [0.15, 0.2) is 0 Å². The third-order valence-corrected chi connectivity index (χ3v) is 8.46. The van der Waals surface area contributed by atoms with Gasteiger partial charge in [-0.15, -0.1) is 0 Å². The molecule has 3 atom stereocenters. The van der Waals surface area contributed by atoms with Gasteiger partial charge in [-0.2, -0.15) is 0 Å². The molecule has 0 saturated heterocycles. The maximum absolute atomic E-state index is 10.3. The van der Waals surface area contributed by atoms with Crippen LogP contribution in [0.1, 0.15) is 79.1 Å². The summed E-state index contributed by atoms with van der Waals surface area (Å²) in [5.41, 5.74) is -2.64. The first-order valence-electron chi connectivity index (χ1n) is 8.60. The minimum Gasteiger partial charge on any atom is -0.337 e. The molecule has 3 unspecified atom stereocenters. The van der Waals surface area contributed by atoms with Gasteiger partial charge in [-0.05, 0) is 36.5 Å². The Hall–Kier alpha value is 0.920. The quantitative estimate of drug-likeness (QED) is 0.366. The standard InChI is InChI=1S/C16H35O2PS2/c1-5-9-11-15(7-3)13-18-19(17,20)21-14-16(8-4)12-10-6-2/h15-16H,5-14H2,1-4H3,(H,17,20). The molecule has 0 aromatic rings. The second-order valence-electron chi connectivity index (χ2n) is 5.89. The van der Waals surface area contributed by atoms with E-state index in [1.54, 1.807) is 0 Å². The van der Waals surface area contributed by atoms with Crippen molar-refractivity contribution in [2.24, 2.45) is 11.8 Å². The van der Waals surface area contributed by atoms with Gasteiger partial charge in [0.25, 0.3) is 0 Å². The monoisotopic (exact) mass is 354 g/mol. The van der Waals surface area contributed by atoms with Crippen molar-refractivity contribution >= 4 is 28.9 Å². The van der Waals surface area contributed by atoms with Crippen molar-refractivity contribution in [3.05, 3.63) is 0 Å². The Balaban J connectivity index is 4.08. The van der Waals surface area contributed by atoms with Gasteiger partial charge >= 0.3 is 0 Å². The predicted octanol–water partition coefficient (Wildman–Crippen LogP) is 6.39. The lowest BCUT2D eigenvalue weighted by atomic mass is 10.0. The van der Waals surface area contributed by atoms with Crippen LogP contribution in [0.25, 0.3) is 0 Å². The molecule has 0 radical (unpaired) electrons. The first-order valence-corrected chi connectivity index (χ1v) is 12.9. The number of hydrogen-bond acceptors (Lipinski definition) is 3. The Kier molecular flexibility index (Phi) is 14.0. The third-order valence-electron chi connectivity index (χ3n) is 4.03. The fourth-order valence-corrected chi connectivity index (χ4v) is 5.84. The molecule has 0 fully saturated rings. The highest BCUT2D eigenvalue weighted by molar-refractivity contribution is 8.67. The van der Waals surface area contributed by atoms with Crippen LogP contribution < -0.4 is 0 Å². The van der Waals surface area contributed by atoms with Gasteiger partial charge in [0.2, 0.25) is 5.69 Å².